The molecule has 31 heavy (non-hydrogen) atoms. The predicted octanol–water partition coefficient (Wildman–Crippen LogP) is 4.94. The Morgan fingerprint density at radius 1 is 1.13 bits per heavy atom. The number of para-hydroxylation sites is 1. The molecule has 1 aromatic heterocycles. The number of aryl methyl sites for hydroxylation is 1. The van der Waals surface area contributed by atoms with Gasteiger partial charge in [-0.15, -0.1) is 0 Å². The quantitative estimate of drug-likeness (QED) is 0.634. The van der Waals surface area contributed by atoms with E-state index in [1.807, 2.05) is 51.1 Å². The van der Waals surface area contributed by atoms with Crippen molar-refractivity contribution in [1.29, 1.82) is 0 Å². The smallest absolute Gasteiger partial charge is 0.260 e. The molecule has 1 aliphatic heterocycles. The first kappa shape index (κ1) is 20.8. The molecule has 2 heterocycles. The van der Waals surface area contributed by atoms with Gasteiger partial charge in [0.05, 0.1) is 11.3 Å². The molecule has 2 aromatic carbocycles. The van der Waals surface area contributed by atoms with Crippen molar-refractivity contribution in [3.8, 4) is 11.5 Å². The zero-order chi connectivity index (χ0) is 22.0. The van der Waals surface area contributed by atoms with Gasteiger partial charge in [-0.25, -0.2) is 0 Å². The second-order valence-corrected chi connectivity index (χ2v) is 8.11. The van der Waals surface area contributed by atoms with Gasteiger partial charge < -0.3 is 14.7 Å². The first-order valence-electron chi connectivity index (χ1n) is 10.6. The second-order valence-electron chi connectivity index (χ2n) is 8.11. The maximum atomic E-state index is 13.0. The summed E-state index contributed by atoms with van der Waals surface area (Å²) >= 11 is 0. The van der Waals surface area contributed by atoms with Gasteiger partial charge in [-0.2, -0.15) is 4.98 Å². The van der Waals surface area contributed by atoms with Crippen molar-refractivity contribution >= 4 is 23.2 Å². The summed E-state index contributed by atoms with van der Waals surface area (Å²) in [6.45, 7) is 6.63. The molecule has 1 aliphatic rings. The molecule has 7 heteroatoms. The third kappa shape index (κ3) is 4.35. The Bertz CT molecular complexity index is 1100. The maximum Gasteiger partial charge on any atom is 0.260 e. The molecule has 0 spiro atoms. The zero-order valence-electron chi connectivity index (χ0n) is 18.0. The van der Waals surface area contributed by atoms with Gasteiger partial charge in [0, 0.05) is 30.1 Å². The van der Waals surface area contributed by atoms with Crippen molar-refractivity contribution in [2.75, 3.05) is 16.8 Å². The fourth-order valence-corrected chi connectivity index (χ4v) is 3.65. The number of amides is 2. The molecule has 0 atom stereocenters. The van der Waals surface area contributed by atoms with Gasteiger partial charge in [0.1, 0.15) is 0 Å². The minimum Gasteiger partial charge on any atom is -0.334 e. The number of nitrogens with zero attached hydrogens (tertiary/aromatic N) is 3. The van der Waals surface area contributed by atoms with E-state index in [4.69, 9.17) is 4.52 Å². The van der Waals surface area contributed by atoms with Crippen LogP contribution in [0.5, 0.6) is 0 Å². The summed E-state index contributed by atoms with van der Waals surface area (Å²) in [4.78, 5) is 31.3. The number of nitrogens with one attached hydrogen (secondary N) is 1. The van der Waals surface area contributed by atoms with Crippen molar-refractivity contribution in [3.05, 3.63) is 59.4 Å². The minimum atomic E-state index is -0.240. The van der Waals surface area contributed by atoms with Crippen molar-refractivity contribution < 1.29 is 14.1 Å². The largest absolute Gasteiger partial charge is 0.334 e. The summed E-state index contributed by atoms with van der Waals surface area (Å²) in [5.41, 5.74) is 3.55. The van der Waals surface area contributed by atoms with Gasteiger partial charge in [-0.05, 0) is 55.7 Å². The number of rotatable bonds is 5. The fourth-order valence-electron chi connectivity index (χ4n) is 3.65. The van der Waals surface area contributed by atoms with Gasteiger partial charge >= 0.3 is 0 Å². The number of carbonyl (C=O) groups excluding carboxylic acids is 2. The van der Waals surface area contributed by atoms with Crippen LogP contribution in [0.1, 0.15) is 60.8 Å². The van der Waals surface area contributed by atoms with E-state index in [-0.39, 0.29) is 17.7 Å². The highest BCUT2D eigenvalue weighted by Gasteiger charge is 2.21. The van der Waals surface area contributed by atoms with Crippen LogP contribution in [0.15, 0.2) is 47.0 Å². The standard InChI is InChI=1S/C24H26N4O3/c1-15(2)22-26-24(31-27-22)19-8-6-7-16(3)21(19)25-23(30)17-10-12-18(13-11-17)28-14-5-4-9-20(28)29/h6-8,10-13,15H,4-5,9,14H2,1-3H3,(H,25,30). The number of piperidine rings is 1. The van der Waals surface area contributed by atoms with Crippen LogP contribution in [-0.4, -0.2) is 28.5 Å². The predicted molar refractivity (Wildman–Crippen MR) is 119 cm³/mol. The lowest BCUT2D eigenvalue weighted by atomic mass is 10.1. The second kappa shape index (κ2) is 8.71. The molecule has 3 aromatic rings. The Morgan fingerprint density at radius 2 is 1.90 bits per heavy atom. The van der Waals surface area contributed by atoms with Crippen molar-refractivity contribution in [2.45, 2.75) is 46.0 Å². The van der Waals surface area contributed by atoms with E-state index in [9.17, 15) is 9.59 Å². The van der Waals surface area contributed by atoms with Crippen molar-refractivity contribution in [2.24, 2.45) is 0 Å². The van der Waals surface area contributed by atoms with Crippen LogP contribution < -0.4 is 10.2 Å². The lowest BCUT2D eigenvalue weighted by Crippen LogP contribution is -2.35. The Labute approximate surface area is 181 Å². The third-order valence-corrected chi connectivity index (χ3v) is 5.46. The Kier molecular flexibility index (Phi) is 5.84. The summed E-state index contributed by atoms with van der Waals surface area (Å²) in [6.07, 6.45) is 2.51. The minimum absolute atomic E-state index is 0.133. The summed E-state index contributed by atoms with van der Waals surface area (Å²) in [6, 6.07) is 12.8. The molecule has 7 nitrogen and oxygen atoms in total. The average Bonchev–Trinajstić information content (AvgIpc) is 3.26. The molecule has 160 valence electrons. The van der Waals surface area contributed by atoms with Crippen molar-refractivity contribution in [1.82, 2.24) is 10.1 Å². The van der Waals surface area contributed by atoms with Crippen molar-refractivity contribution in [3.63, 3.8) is 0 Å². The first-order chi connectivity index (χ1) is 14.9. The lowest BCUT2D eigenvalue weighted by molar-refractivity contribution is -0.119. The summed E-state index contributed by atoms with van der Waals surface area (Å²) in [5, 5.41) is 7.02. The summed E-state index contributed by atoms with van der Waals surface area (Å²) in [5.74, 6) is 1.04. The van der Waals surface area contributed by atoms with E-state index < -0.39 is 0 Å². The van der Waals surface area contributed by atoms with E-state index in [1.165, 1.54) is 0 Å². The molecular weight excluding hydrogens is 392 g/mol. The normalized spacial score (nSPS) is 14.2. The molecule has 0 saturated carbocycles. The number of hydrogen-bond donors (Lipinski definition) is 1. The lowest BCUT2D eigenvalue weighted by Gasteiger charge is -2.26. The fraction of sp³-hybridized carbons (Fsp3) is 0.333. The molecular formula is C24H26N4O3. The number of aromatic nitrogens is 2. The molecule has 2 amide bonds. The number of hydrogen-bond acceptors (Lipinski definition) is 5. The molecule has 4 rings (SSSR count). The molecule has 0 aliphatic carbocycles. The van der Waals surface area contributed by atoms with E-state index in [0.717, 1.165) is 30.6 Å². The van der Waals surface area contributed by atoms with E-state index in [2.05, 4.69) is 15.5 Å². The van der Waals surface area contributed by atoms with Gasteiger partial charge in [-0.3, -0.25) is 9.59 Å². The average molecular weight is 418 g/mol. The van der Waals surface area contributed by atoms with Crippen LogP contribution >= 0.6 is 0 Å². The van der Waals surface area contributed by atoms with Crippen LogP contribution in [0.3, 0.4) is 0 Å². The van der Waals surface area contributed by atoms with Gasteiger partial charge in [0.2, 0.25) is 5.91 Å². The van der Waals surface area contributed by atoms with Crippen LogP contribution in [0.25, 0.3) is 11.5 Å². The van der Waals surface area contributed by atoms with E-state index in [1.54, 1.807) is 17.0 Å². The number of carbonyl (C=O) groups is 2. The Balaban J connectivity index is 1.56. The Morgan fingerprint density at radius 3 is 2.58 bits per heavy atom. The highest BCUT2D eigenvalue weighted by atomic mass is 16.5. The molecule has 0 radical (unpaired) electrons. The van der Waals surface area contributed by atoms with Crippen LogP contribution in [-0.2, 0) is 4.79 Å². The monoisotopic (exact) mass is 418 g/mol. The van der Waals surface area contributed by atoms with Crippen LogP contribution in [0.4, 0.5) is 11.4 Å². The van der Waals surface area contributed by atoms with Crippen LogP contribution in [0.2, 0.25) is 0 Å². The van der Waals surface area contributed by atoms with Gasteiger partial charge in [0.15, 0.2) is 5.82 Å². The van der Waals surface area contributed by atoms with E-state index in [0.29, 0.717) is 35.0 Å². The van der Waals surface area contributed by atoms with E-state index >= 15 is 0 Å². The molecule has 1 saturated heterocycles. The summed E-state index contributed by atoms with van der Waals surface area (Å²) < 4.78 is 5.44. The highest BCUT2D eigenvalue weighted by molar-refractivity contribution is 6.07. The highest BCUT2D eigenvalue weighted by Crippen LogP contribution is 2.31. The summed E-state index contributed by atoms with van der Waals surface area (Å²) in [7, 11) is 0. The van der Waals surface area contributed by atoms with Gasteiger partial charge in [-0.1, -0.05) is 31.1 Å². The first-order valence-corrected chi connectivity index (χ1v) is 10.6. The zero-order valence-corrected chi connectivity index (χ0v) is 18.0. The molecule has 1 N–H and O–H groups in total. The molecule has 0 unspecified atom stereocenters. The van der Waals surface area contributed by atoms with Gasteiger partial charge in [0.25, 0.3) is 11.8 Å². The number of anilines is 2. The topological polar surface area (TPSA) is 88.3 Å². The van der Waals surface area contributed by atoms with Crippen LogP contribution in [0, 0.1) is 6.92 Å². The maximum absolute atomic E-state index is 13.0. The third-order valence-electron chi connectivity index (χ3n) is 5.46. The molecule has 0 bridgehead atoms. The Hall–Kier alpha value is -3.48. The SMILES string of the molecule is Cc1cccc(-c2nc(C(C)C)no2)c1NC(=O)c1ccc(N2CCCCC2=O)cc1. The molecule has 1 fully saturated rings. The number of benzene rings is 2.